The van der Waals surface area contributed by atoms with Crippen LogP contribution in [0, 0.1) is 5.92 Å². The molecule has 1 aromatic carbocycles. The number of benzene rings is 1. The number of amides is 1. The highest BCUT2D eigenvalue weighted by Crippen LogP contribution is 2.17. The third kappa shape index (κ3) is 10.1. The van der Waals surface area contributed by atoms with Crippen molar-refractivity contribution < 1.29 is 19.1 Å². The molecule has 5 nitrogen and oxygen atoms in total. The number of hydrogen-bond donors (Lipinski definition) is 1. The zero-order chi connectivity index (χ0) is 19.6. The van der Waals surface area contributed by atoms with E-state index in [-0.39, 0.29) is 25.0 Å². The van der Waals surface area contributed by atoms with Gasteiger partial charge in [-0.2, -0.15) is 0 Å². The fourth-order valence-electron chi connectivity index (χ4n) is 2.81. The van der Waals surface area contributed by atoms with Gasteiger partial charge in [-0.05, 0) is 38.7 Å². The molecule has 1 aromatic rings. The number of ether oxygens (including phenoxy) is 2. The van der Waals surface area contributed by atoms with Crippen molar-refractivity contribution in [3.8, 4) is 0 Å². The second-order valence-electron chi connectivity index (χ2n) is 7.82. The average molecular weight is 363 g/mol. The Morgan fingerprint density at radius 2 is 1.81 bits per heavy atom. The highest BCUT2D eigenvalue weighted by atomic mass is 16.6. The van der Waals surface area contributed by atoms with Crippen molar-refractivity contribution in [2.24, 2.45) is 5.92 Å². The molecule has 1 amide bonds. The molecule has 0 bridgehead atoms. The Bertz CT molecular complexity index is 551. The molecule has 1 N–H and O–H groups in total. The van der Waals surface area contributed by atoms with Crippen molar-refractivity contribution in [2.75, 3.05) is 0 Å². The van der Waals surface area contributed by atoms with Crippen molar-refractivity contribution in [3.05, 3.63) is 35.9 Å². The van der Waals surface area contributed by atoms with Crippen LogP contribution >= 0.6 is 0 Å². The van der Waals surface area contributed by atoms with Crippen molar-refractivity contribution in [1.82, 2.24) is 5.32 Å². The third-order valence-corrected chi connectivity index (χ3v) is 3.84. The summed E-state index contributed by atoms with van der Waals surface area (Å²) in [4.78, 5) is 24.3. The standard InChI is InChI=1S/C21H33NO4/c1-6-10-16(2)13-18(14-19(23)26-21(3,4)5)22-20(24)25-15-17-11-8-7-9-12-17/h7-9,11-12,16,18H,6,10,13-15H2,1-5H3,(H,22,24)/t16?,18-/m0/s1. The van der Waals surface area contributed by atoms with Crippen LogP contribution in [0.15, 0.2) is 30.3 Å². The number of esters is 1. The molecule has 0 saturated heterocycles. The van der Waals surface area contributed by atoms with Crippen LogP contribution in [-0.4, -0.2) is 23.7 Å². The summed E-state index contributed by atoms with van der Waals surface area (Å²) < 4.78 is 10.7. The van der Waals surface area contributed by atoms with Crippen LogP contribution in [0.1, 0.15) is 65.9 Å². The van der Waals surface area contributed by atoms with Gasteiger partial charge in [0.2, 0.25) is 0 Å². The van der Waals surface area contributed by atoms with E-state index < -0.39 is 11.7 Å². The van der Waals surface area contributed by atoms with Crippen LogP contribution in [0.3, 0.4) is 0 Å². The SMILES string of the molecule is CCCC(C)C[C@@H](CC(=O)OC(C)(C)C)NC(=O)OCc1ccccc1. The maximum Gasteiger partial charge on any atom is 0.407 e. The highest BCUT2D eigenvalue weighted by molar-refractivity contribution is 5.73. The van der Waals surface area contributed by atoms with Gasteiger partial charge in [-0.25, -0.2) is 4.79 Å². The highest BCUT2D eigenvalue weighted by Gasteiger charge is 2.23. The molecule has 0 aliphatic carbocycles. The number of carbonyl (C=O) groups is 2. The maximum atomic E-state index is 12.2. The predicted octanol–water partition coefficient (Wildman–Crippen LogP) is 4.84. The van der Waals surface area contributed by atoms with E-state index >= 15 is 0 Å². The molecule has 0 aliphatic rings. The summed E-state index contributed by atoms with van der Waals surface area (Å²) in [6.45, 7) is 9.96. The van der Waals surface area contributed by atoms with E-state index in [0.717, 1.165) is 18.4 Å². The first-order valence-electron chi connectivity index (χ1n) is 9.38. The van der Waals surface area contributed by atoms with Crippen molar-refractivity contribution >= 4 is 12.1 Å². The summed E-state index contributed by atoms with van der Waals surface area (Å²) >= 11 is 0. The number of rotatable bonds is 9. The predicted molar refractivity (Wildman–Crippen MR) is 103 cm³/mol. The molecule has 26 heavy (non-hydrogen) atoms. The lowest BCUT2D eigenvalue weighted by Gasteiger charge is -2.24. The lowest BCUT2D eigenvalue weighted by Crippen LogP contribution is -2.39. The Morgan fingerprint density at radius 3 is 2.38 bits per heavy atom. The Kier molecular flexibility index (Phi) is 9.17. The first-order chi connectivity index (χ1) is 12.2. The van der Waals surface area contributed by atoms with Crippen LogP contribution in [-0.2, 0) is 20.9 Å². The molecule has 0 heterocycles. The van der Waals surface area contributed by atoms with Crippen molar-refractivity contribution in [1.29, 1.82) is 0 Å². The second kappa shape index (κ2) is 10.8. The molecule has 0 spiro atoms. The summed E-state index contributed by atoms with van der Waals surface area (Å²) in [5.41, 5.74) is 0.385. The van der Waals surface area contributed by atoms with E-state index in [4.69, 9.17) is 9.47 Å². The largest absolute Gasteiger partial charge is 0.460 e. The molecule has 5 heteroatoms. The van der Waals surface area contributed by atoms with Crippen LogP contribution in [0.4, 0.5) is 4.79 Å². The minimum atomic E-state index is -0.537. The van der Waals surface area contributed by atoms with Gasteiger partial charge in [0.05, 0.1) is 6.42 Å². The molecule has 0 saturated carbocycles. The molecule has 0 aliphatic heterocycles. The molecule has 0 radical (unpaired) electrons. The van der Waals surface area contributed by atoms with E-state index in [1.807, 2.05) is 51.1 Å². The smallest absolute Gasteiger partial charge is 0.407 e. The van der Waals surface area contributed by atoms with Gasteiger partial charge in [-0.3, -0.25) is 4.79 Å². The van der Waals surface area contributed by atoms with Crippen molar-refractivity contribution in [2.45, 2.75) is 78.6 Å². The number of alkyl carbamates (subject to hydrolysis) is 1. The normalized spacial score (nSPS) is 13.6. The van der Waals surface area contributed by atoms with Gasteiger partial charge < -0.3 is 14.8 Å². The third-order valence-electron chi connectivity index (χ3n) is 3.84. The molecule has 0 fully saturated rings. The molecule has 0 aromatic heterocycles. The summed E-state index contributed by atoms with van der Waals surface area (Å²) in [5.74, 6) is 0.0939. The zero-order valence-corrected chi connectivity index (χ0v) is 16.7. The second-order valence-corrected chi connectivity index (χ2v) is 7.82. The minimum absolute atomic E-state index is 0.145. The molecule has 1 unspecified atom stereocenters. The van der Waals surface area contributed by atoms with E-state index in [2.05, 4.69) is 19.2 Å². The van der Waals surface area contributed by atoms with E-state index in [1.54, 1.807) is 0 Å². The van der Waals surface area contributed by atoms with Gasteiger partial charge in [-0.1, -0.05) is 57.0 Å². The average Bonchev–Trinajstić information content (AvgIpc) is 2.52. The fourth-order valence-corrected chi connectivity index (χ4v) is 2.81. The van der Waals surface area contributed by atoms with Gasteiger partial charge in [0.1, 0.15) is 12.2 Å². The molecule has 146 valence electrons. The lowest BCUT2D eigenvalue weighted by atomic mass is 9.95. The van der Waals surface area contributed by atoms with E-state index in [0.29, 0.717) is 12.3 Å². The minimum Gasteiger partial charge on any atom is -0.460 e. The summed E-state index contributed by atoms with van der Waals surface area (Å²) in [6.07, 6.45) is 2.47. The van der Waals surface area contributed by atoms with Gasteiger partial charge >= 0.3 is 12.1 Å². The van der Waals surface area contributed by atoms with Gasteiger partial charge in [0, 0.05) is 6.04 Å². The Labute approximate surface area is 157 Å². The first-order valence-corrected chi connectivity index (χ1v) is 9.38. The van der Waals surface area contributed by atoms with E-state index in [1.165, 1.54) is 0 Å². The number of carbonyl (C=O) groups excluding carboxylic acids is 2. The lowest BCUT2D eigenvalue weighted by molar-refractivity contribution is -0.155. The van der Waals surface area contributed by atoms with Crippen LogP contribution < -0.4 is 5.32 Å². The van der Waals surface area contributed by atoms with E-state index in [9.17, 15) is 9.59 Å². The van der Waals surface area contributed by atoms with Crippen LogP contribution in [0.5, 0.6) is 0 Å². The monoisotopic (exact) mass is 363 g/mol. The van der Waals surface area contributed by atoms with Crippen molar-refractivity contribution in [3.63, 3.8) is 0 Å². The molecular formula is C21H33NO4. The molecule has 2 atom stereocenters. The Hall–Kier alpha value is -2.04. The Balaban J connectivity index is 2.59. The van der Waals surface area contributed by atoms with Gasteiger partial charge in [0.25, 0.3) is 0 Å². The topological polar surface area (TPSA) is 64.6 Å². The number of nitrogens with one attached hydrogen (secondary N) is 1. The molecule has 1 rings (SSSR count). The summed E-state index contributed by atoms with van der Waals surface area (Å²) in [6, 6.07) is 9.21. The quantitative estimate of drug-likeness (QED) is 0.638. The maximum absolute atomic E-state index is 12.2. The van der Waals surface area contributed by atoms with Gasteiger partial charge in [0.15, 0.2) is 0 Å². The summed E-state index contributed by atoms with van der Waals surface area (Å²) in [5, 5.41) is 2.83. The summed E-state index contributed by atoms with van der Waals surface area (Å²) in [7, 11) is 0. The van der Waals surface area contributed by atoms with Crippen LogP contribution in [0.25, 0.3) is 0 Å². The first kappa shape index (κ1) is 22.0. The number of hydrogen-bond acceptors (Lipinski definition) is 4. The fraction of sp³-hybridized carbons (Fsp3) is 0.619. The molecular weight excluding hydrogens is 330 g/mol. The van der Waals surface area contributed by atoms with Gasteiger partial charge in [-0.15, -0.1) is 0 Å². The zero-order valence-electron chi connectivity index (χ0n) is 16.7. The Morgan fingerprint density at radius 1 is 1.15 bits per heavy atom. The van der Waals surface area contributed by atoms with Crippen LogP contribution in [0.2, 0.25) is 0 Å².